The lowest BCUT2D eigenvalue weighted by atomic mass is 9.77. The van der Waals surface area contributed by atoms with Crippen LogP contribution in [0.5, 0.6) is 0 Å². The van der Waals surface area contributed by atoms with Crippen LogP contribution in [0, 0.1) is 11.8 Å². The molecule has 1 aromatic carbocycles. The van der Waals surface area contributed by atoms with Crippen molar-refractivity contribution in [2.45, 2.75) is 58.4 Å². The maximum atomic E-state index is 12.9. The van der Waals surface area contributed by atoms with E-state index in [1.165, 1.54) is 0 Å². The van der Waals surface area contributed by atoms with E-state index in [1.807, 2.05) is 13.8 Å². The molecule has 1 aliphatic carbocycles. The highest BCUT2D eigenvalue weighted by molar-refractivity contribution is 6.11. The van der Waals surface area contributed by atoms with Gasteiger partial charge in [0.15, 0.2) is 5.78 Å². The lowest BCUT2D eigenvalue weighted by Gasteiger charge is -2.33. The van der Waals surface area contributed by atoms with Gasteiger partial charge in [-0.1, -0.05) is 20.8 Å². The van der Waals surface area contributed by atoms with E-state index in [0.717, 1.165) is 17.7 Å². The van der Waals surface area contributed by atoms with Crippen molar-refractivity contribution in [3.63, 3.8) is 0 Å². The fourth-order valence-electron chi connectivity index (χ4n) is 3.97. The number of carbonyl (C=O) groups is 4. The van der Waals surface area contributed by atoms with Crippen molar-refractivity contribution in [1.29, 1.82) is 0 Å². The Labute approximate surface area is 171 Å². The summed E-state index contributed by atoms with van der Waals surface area (Å²) in [5.74, 6) is 0.122. The predicted molar refractivity (Wildman–Crippen MR) is 109 cm³/mol. The average molecular weight is 399 g/mol. The highest BCUT2D eigenvalue weighted by atomic mass is 16.2. The van der Waals surface area contributed by atoms with E-state index < -0.39 is 11.6 Å². The minimum Gasteiger partial charge on any atom is -0.326 e. The normalized spacial score (nSPS) is 24.1. The average Bonchev–Trinajstić information content (AvgIpc) is 2.88. The summed E-state index contributed by atoms with van der Waals surface area (Å²) in [7, 11) is 0. The molecule has 0 unspecified atom stereocenters. The number of Topliss-reactive ketones (excluding diaryl/α,β-unsaturated/α-hetero) is 1. The van der Waals surface area contributed by atoms with Crippen LogP contribution in [0.4, 0.5) is 10.5 Å². The second-order valence-electron chi connectivity index (χ2n) is 8.73. The maximum Gasteiger partial charge on any atom is 0.325 e. The molecule has 1 heterocycles. The molecule has 156 valence electrons. The summed E-state index contributed by atoms with van der Waals surface area (Å²) in [6.45, 7) is 5.80. The number of hydrogen-bond donors (Lipinski definition) is 2. The Kier molecular flexibility index (Phi) is 6.05. The summed E-state index contributed by atoms with van der Waals surface area (Å²) in [4.78, 5) is 50.8. The third-order valence-electron chi connectivity index (χ3n) is 5.76. The molecule has 2 fully saturated rings. The fourth-order valence-corrected chi connectivity index (χ4v) is 3.97. The second kappa shape index (κ2) is 8.35. The summed E-state index contributed by atoms with van der Waals surface area (Å²) >= 11 is 0. The molecule has 7 heteroatoms. The summed E-state index contributed by atoms with van der Waals surface area (Å²) in [5.41, 5.74) is 0.164. The number of nitrogens with zero attached hydrogens (tertiary/aromatic N) is 1. The largest absolute Gasteiger partial charge is 0.326 e. The molecule has 3 rings (SSSR count). The summed E-state index contributed by atoms with van der Waals surface area (Å²) < 4.78 is 0. The van der Waals surface area contributed by atoms with Crippen LogP contribution >= 0.6 is 0 Å². The van der Waals surface area contributed by atoms with Gasteiger partial charge in [0.25, 0.3) is 5.91 Å². The first kappa shape index (κ1) is 21.0. The van der Waals surface area contributed by atoms with Crippen LogP contribution in [-0.4, -0.2) is 40.6 Å². The van der Waals surface area contributed by atoms with Crippen molar-refractivity contribution in [3.8, 4) is 0 Å². The number of urea groups is 1. The van der Waals surface area contributed by atoms with Crippen molar-refractivity contribution in [2.24, 2.45) is 11.8 Å². The SMILES string of the molecule is CC(C)CC(=O)Nc1ccc(C(=O)CN2C(=O)NC3(CCC(C)CC3)C2=O)cc1. The summed E-state index contributed by atoms with van der Waals surface area (Å²) in [5, 5.41) is 5.62. The zero-order chi connectivity index (χ0) is 21.2. The van der Waals surface area contributed by atoms with Gasteiger partial charge in [0.2, 0.25) is 5.91 Å². The Morgan fingerprint density at radius 3 is 2.38 bits per heavy atom. The van der Waals surface area contributed by atoms with E-state index in [-0.39, 0.29) is 30.1 Å². The fraction of sp³-hybridized carbons (Fsp3) is 0.545. The molecule has 0 bridgehead atoms. The number of rotatable bonds is 6. The summed E-state index contributed by atoms with van der Waals surface area (Å²) in [6.07, 6.45) is 3.44. The minimum atomic E-state index is -0.839. The molecular formula is C22H29N3O4. The molecule has 7 nitrogen and oxygen atoms in total. The molecule has 1 aliphatic heterocycles. The highest BCUT2D eigenvalue weighted by Crippen LogP contribution is 2.36. The first-order chi connectivity index (χ1) is 13.7. The monoisotopic (exact) mass is 399 g/mol. The number of carbonyl (C=O) groups excluding carboxylic acids is 4. The number of imide groups is 1. The number of hydrogen-bond acceptors (Lipinski definition) is 4. The number of benzene rings is 1. The van der Waals surface area contributed by atoms with Crippen LogP contribution < -0.4 is 10.6 Å². The molecule has 1 saturated carbocycles. The Morgan fingerprint density at radius 2 is 1.79 bits per heavy atom. The zero-order valence-corrected chi connectivity index (χ0v) is 17.3. The molecule has 0 atom stereocenters. The van der Waals surface area contributed by atoms with E-state index in [9.17, 15) is 19.2 Å². The molecule has 2 N–H and O–H groups in total. The van der Waals surface area contributed by atoms with Gasteiger partial charge < -0.3 is 10.6 Å². The van der Waals surface area contributed by atoms with E-state index >= 15 is 0 Å². The molecule has 1 spiro atoms. The highest BCUT2D eigenvalue weighted by Gasteiger charge is 2.52. The van der Waals surface area contributed by atoms with E-state index in [2.05, 4.69) is 17.6 Å². The van der Waals surface area contributed by atoms with Crippen LogP contribution in [0.3, 0.4) is 0 Å². The van der Waals surface area contributed by atoms with E-state index in [4.69, 9.17) is 0 Å². The van der Waals surface area contributed by atoms with Crippen LogP contribution in [0.2, 0.25) is 0 Å². The van der Waals surface area contributed by atoms with Crippen LogP contribution in [0.25, 0.3) is 0 Å². The lowest BCUT2D eigenvalue weighted by Crippen LogP contribution is -2.49. The topological polar surface area (TPSA) is 95.6 Å². The zero-order valence-electron chi connectivity index (χ0n) is 17.3. The van der Waals surface area contributed by atoms with Gasteiger partial charge in [0, 0.05) is 17.7 Å². The lowest BCUT2D eigenvalue weighted by molar-refractivity contribution is -0.132. The predicted octanol–water partition coefficient (Wildman–Crippen LogP) is 3.35. The Bertz CT molecular complexity index is 808. The summed E-state index contributed by atoms with van der Waals surface area (Å²) in [6, 6.07) is 6.02. The Morgan fingerprint density at radius 1 is 1.17 bits per heavy atom. The van der Waals surface area contributed by atoms with E-state index in [1.54, 1.807) is 24.3 Å². The molecule has 0 radical (unpaired) electrons. The smallest absolute Gasteiger partial charge is 0.325 e. The number of ketones is 1. The molecule has 1 aromatic rings. The van der Waals surface area contributed by atoms with Gasteiger partial charge in [-0.15, -0.1) is 0 Å². The third kappa shape index (κ3) is 4.66. The van der Waals surface area contributed by atoms with Gasteiger partial charge in [0.05, 0.1) is 6.54 Å². The molecule has 2 aliphatic rings. The number of amides is 4. The van der Waals surface area contributed by atoms with Gasteiger partial charge >= 0.3 is 6.03 Å². The van der Waals surface area contributed by atoms with Gasteiger partial charge in [-0.3, -0.25) is 19.3 Å². The molecular weight excluding hydrogens is 370 g/mol. The molecule has 0 aromatic heterocycles. The van der Waals surface area contributed by atoms with E-state index in [0.29, 0.717) is 36.4 Å². The van der Waals surface area contributed by atoms with Gasteiger partial charge in [-0.05, 0) is 61.8 Å². The molecule has 4 amide bonds. The van der Waals surface area contributed by atoms with Crippen molar-refractivity contribution < 1.29 is 19.2 Å². The van der Waals surface area contributed by atoms with Crippen molar-refractivity contribution in [1.82, 2.24) is 10.2 Å². The van der Waals surface area contributed by atoms with Crippen molar-refractivity contribution >= 4 is 29.3 Å². The van der Waals surface area contributed by atoms with Crippen molar-refractivity contribution in [3.05, 3.63) is 29.8 Å². The van der Waals surface area contributed by atoms with Gasteiger partial charge in [-0.25, -0.2) is 4.79 Å². The first-order valence-corrected chi connectivity index (χ1v) is 10.3. The molecule has 1 saturated heterocycles. The first-order valence-electron chi connectivity index (χ1n) is 10.3. The second-order valence-corrected chi connectivity index (χ2v) is 8.73. The number of anilines is 1. The van der Waals surface area contributed by atoms with Gasteiger partial charge in [0.1, 0.15) is 5.54 Å². The van der Waals surface area contributed by atoms with Crippen LogP contribution in [0.1, 0.15) is 63.2 Å². The van der Waals surface area contributed by atoms with Crippen LogP contribution in [-0.2, 0) is 9.59 Å². The maximum absolute atomic E-state index is 12.9. The third-order valence-corrected chi connectivity index (χ3v) is 5.76. The van der Waals surface area contributed by atoms with Crippen LogP contribution in [0.15, 0.2) is 24.3 Å². The Balaban J connectivity index is 1.62. The minimum absolute atomic E-state index is 0.0782. The molecule has 29 heavy (non-hydrogen) atoms. The van der Waals surface area contributed by atoms with Gasteiger partial charge in [-0.2, -0.15) is 0 Å². The van der Waals surface area contributed by atoms with Crippen molar-refractivity contribution in [2.75, 3.05) is 11.9 Å². The Hall–Kier alpha value is -2.70. The quantitative estimate of drug-likeness (QED) is 0.566. The standard InChI is InChI=1S/C22H29N3O4/c1-14(2)12-19(27)23-17-6-4-16(5-7-17)18(26)13-25-20(28)22(24-21(25)29)10-8-15(3)9-11-22/h4-7,14-15H,8-13H2,1-3H3,(H,23,27)(H,24,29). The number of nitrogens with one attached hydrogen (secondary N) is 2.